The van der Waals surface area contributed by atoms with E-state index in [0.29, 0.717) is 12.1 Å². The van der Waals surface area contributed by atoms with Gasteiger partial charge < -0.3 is 0 Å². The molecule has 2 atom stereocenters. The van der Waals surface area contributed by atoms with Gasteiger partial charge in [-0.1, -0.05) is 76.6 Å². The van der Waals surface area contributed by atoms with Gasteiger partial charge in [-0.3, -0.25) is 9.48 Å². The van der Waals surface area contributed by atoms with Crippen LogP contribution in [0.1, 0.15) is 21.2 Å². The van der Waals surface area contributed by atoms with E-state index in [1.165, 1.54) is 6.33 Å². The van der Waals surface area contributed by atoms with Crippen molar-refractivity contribution >= 4 is 33.5 Å². The zero-order valence-electron chi connectivity index (χ0n) is 16.1. The maximum Gasteiger partial charge on any atom is 0.169 e. The minimum absolute atomic E-state index is 0.0750. The summed E-state index contributed by atoms with van der Waals surface area (Å²) >= 11 is 5.16. The van der Waals surface area contributed by atoms with E-state index in [1.54, 1.807) is 22.8 Å². The number of rotatable bonds is 8. The number of thioether (sulfide) groups is 1. The molecule has 4 aromatic rings. The second-order valence-corrected chi connectivity index (χ2v) is 8.99. The number of hydrogen-bond acceptors (Lipinski definition) is 4. The summed E-state index contributed by atoms with van der Waals surface area (Å²) in [7, 11) is 0. The van der Waals surface area contributed by atoms with Gasteiger partial charge in [-0.25, -0.2) is 4.98 Å². The summed E-state index contributed by atoms with van der Waals surface area (Å²) in [6.07, 6.45) is 3.17. The molecule has 30 heavy (non-hydrogen) atoms. The first-order valence-electron chi connectivity index (χ1n) is 9.59. The number of nitrogens with zero attached hydrogens (tertiary/aromatic N) is 3. The Morgan fingerprint density at radius 1 is 0.933 bits per heavy atom. The highest BCUT2D eigenvalue weighted by molar-refractivity contribution is 9.10. The minimum atomic E-state index is -0.319. The first-order chi connectivity index (χ1) is 14.7. The molecule has 6 heteroatoms. The second kappa shape index (κ2) is 9.87. The fraction of sp³-hybridized carbons (Fsp3) is 0.125. The number of benzene rings is 3. The van der Waals surface area contributed by atoms with E-state index < -0.39 is 0 Å². The van der Waals surface area contributed by atoms with Crippen LogP contribution in [0.4, 0.5) is 0 Å². The van der Waals surface area contributed by atoms with Gasteiger partial charge in [-0.2, -0.15) is 5.10 Å². The number of carbonyl (C=O) groups is 1. The number of halogens is 1. The van der Waals surface area contributed by atoms with Gasteiger partial charge in [-0.05, 0) is 29.8 Å². The SMILES string of the molecule is O=C(c1ccc(Br)cc1)[C@@H](Cn1cncn1)[C@H](Sc1ccccc1)c1ccccc1. The summed E-state index contributed by atoms with van der Waals surface area (Å²) in [6, 6.07) is 28.0. The van der Waals surface area contributed by atoms with Crippen molar-refractivity contribution in [1.82, 2.24) is 14.8 Å². The molecule has 4 nitrogen and oxygen atoms in total. The zero-order valence-corrected chi connectivity index (χ0v) is 18.5. The highest BCUT2D eigenvalue weighted by Crippen LogP contribution is 2.42. The van der Waals surface area contributed by atoms with Gasteiger partial charge in [0.25, 0.3) is 0 Å². The van der Waals surface area contributed by atoms with Crippen LogP contribution in [-0.2, 0) is 6.54 Å². The maximum absolute atomic E-state index is 13.7. The van der Waals surface area contributed by atoms with Crippen LogP contribution in [0.5, 0.6) is 0 Å². The zero-order chi connectivity index (χ0) is 20.8. The number of ketones is 1. The normalized spacial score (nSPS) is 13.0. The Kier molecular flexibility index (Phi) is 6.77. The van der Waals surface area contributed by atoms with Crippen LogP contribution in [-0.4, -0.2) is 20.5 Å². The first kappa shape index (κ1) is 20.6. The van der Waals surface area contributed by atoms with Gasteiger partial charge in [0.1, 0.15) is 12.7 Å². The molecular weight excluding hydrogens is 458 g/mol. The average Bonchev–Trinajstić information content (AvgIpc) is 3.31. The van der Waals surface area contributed by atoms with Crippen molar-refractivity contribution in [2.24, 2.45) is 5.92 Å². The summed E-state index contributed by atoms with van der Waals surface area (Å²) in [5.74, 6) is -0.226. The molecule has 3 aromatic carbocycles. The van der Waals surface area contributed by atoms with Crippen molar-refractivity contribution < 1.29 is 4.79 Å². The number of Topliss-reactive ketones (excluding diaryl/α,β-unsaturated/α-hetero) is 1. The quantitative estimate of drug-likeness (QED) is 0.228. The highest BCUT2D eigenvalue weighted by atomic mass is 79.9. The molecule has 0 fully saturated rings. The lowest BCUT2D eigenvalue weighted by Gasteiger charge is -2.26. The minimum Gasteiger partial charge on any atom is -0.294 e. The Morgan fingerprint density at radius 2 is 1.60 bits per heavy atom. The van der Waals surface area contributed by atoms with Gasteiger partial charge in [0.2, 0.25) is 0 Å². The van der Waals surface area contributed by atoms with Crippen LogP contribution in [0.3, 0.4) is 0 Å². The van der Waals surface area contributed by atoms with E-state index in [-0.39, 0.29) is 17.0 Å². The average molecular weight is 478 g/mol. The number of carbonyl (C=O) groups excluding carboxylic acids is 1. The van der Waals surface area contributed by atoms with Crippen LogP contribution in [0, 0.1) is 5.92 Å². The van der Waals surface area contributed by atoms with Gasteiger partial charge in [0.15, 0.2) is 5.78 Å². The smallest absolute Gasteiger partial charge is 0.169 e. The molecule has 0 N–H and O–H groups in total. The third kappa shape index (κ3) is 5.07. The van der Waals surface area contributed by atoms with Crippen LogP contribution in [0.25, 0.3) is 0 Å². The monoisotopic (exact) mass is 477 g/mol. The Morgan fingerprint density at radius 3 is 2.23 bits per heavy atom. The Balaban J connectivity index is 1.75. The third-order valence-corrected chi connectivity index (χ3v) is 6.74. The van der Waals surface area contributed by atoms with Crippen molar-refractivity contribution in [1.29, 1.82) is 0 Å². The van der Waals surface area contributed by atoms with Crippen molar-refractivity contribution in [3.8, 4) is 0 Å². The lowest BCUT2D eigenvalue weighted by Crippen LogP contribution is -2.26. The molecule has 4 rings (SSSR count). The molecule has 1 aromatic heterocycles. The highest BCUT2D eigenvalue weighted by Gasteiger charge is 2.32. The number of aromatic nitrogens is 3. The van der Waals surface area contributed by atoms with Crippen molar-refractivity contribution in [2.75, 3.05) is 0 Å². The summed E-state index contributed by atoms with van der Waals surface area (Å²) in [5.41, 5.74) is 1.81. The first-order valence-corrected chi connectivity index (χ1v) is 11.3. The van der Waals surface area contributed by atoms with Crippen LogP contribution >= 0.6 is 27.7 Å². The molecule has 0 aliphatic carbocycles. The van der Waals surface area contributed by atoms with E-state index in [0.717, 1.165) is 14.9 Å². The fourth-order valence-corrected chi connectivity index (χ4v) is 4.88. The van der Waals surface area contributed by atoms with Crippen LogP contribution in [0.2, 0.25) is 0 Å². The van der Waals surface area contributed by atoms with E-state index in [4.69, 9.17) is 0 Å². The van der Waals surface area contributed by atoms with Crippen LogP contribution in [0.15, 0.2) is 107 Å². The molecule has 1 heterocycles. The maximum atomic E-state index is 13.7. The van der Waals surface area contributed by atoms with E-state index in [1.807, 2.05) is 60.7 Å². The Labute approximate surface area is 188 Å². The molecule has 0 saturated heterocycles. The van der Waals surface area contributed by atoms with Crippen molar-refractivity contribution in [2.45, 2.75) is 16.7 Å². The summed E-state index contributed by atoms with van der Waals surface area (Å²) in [6.45, 7) is 0.453. The predicted molar refractivity (Wildman–Crippen MR) is 123 cm³/mol. The fourth-order valence-electron chi connectivity index (χ4n) is 3.34. The lowest BCUT2D eigenvalue weighted by atomic mass is 9.90. The molecule has 0 spiro atoms. The second-order valence-electron chi connectivity index (χ2n) is 6.86. The molecule has 0 bridgehead atoms. The molecule has 0 amide bonds. The van der Waals surface area contributed by atoms with Crippen molar-refractivity contribution in [3.63, 3.8) is 0 Å². The van der Waals surface area contributed by atoms with Gasteiger partial charge in [0.05, 0.1) is 12.5 Å². The van der Waals surface area contributed by atoms with E-state index in [2.05, 4.69) is 50.3 Å². The van der Waals surface area contributed by atoms with Crippen LogP contribution < -0.4 is 0 Å². The number of hydrogen-bond donors (Lipinski definition) is 0. The molecule has 0 radical (unpaired) electrons. The molecule has 150 valence electrons. The Bertz CT molecular complexity index is 1070. The van der Waals surface area contributed by atoms with Gasteiger partial charge in [0, 0.05) is 20.2 Å². The molecule has 0 aliphatic heterocycles. The molecule has 0 aliphatic rings. The summed E-state index contributed by atoms with van der Waals surface area (Å²) < 4.78 is 2.69. The van der Waals surface area contributed by atoms with E-state index >= 15 is 0 Å². The van der Waals surface area contributed by atoms with Gasteiger partial charge >= 0.3 is 0 Å². The largest absolute Gasteiger partial charge is 0.294 e. The van der Waals surface area contributed by atoms with Crippen molar-refractivity contribution in [3.05, 3.63) is 113 Å². The summed E-state index contributed by atoms with van der Waals surface area (Å²) in [5, 5.41) is 4.19. The summed E-state index contributed by atoms with van der Waals surface area (Å²) in [4.78, 5) is 18.9. The third-order valence-electron chi connectivity index (χ3n) is 4.82. The standard InChI is InChI=1S/C24H20BrN3OS/c25-20-13-11-18(12-14-20)23(29)22(15-28-17-26-16-27-28)24(19-7-3-1-4-8-19)30-21-9-5-2-6-10-21/h1-14,16-17,22,24H,15H2/t22-,24-/m1/s1. The van der Waals surface area contributed by atoms with Gasteiger partial charge in [-0.15, -0.1) is 11.8 Å². The molecular formula is C24H20BrN3OS. The van der Waals surface area contributed by atoms with E-state index in [9.17, 15) is 4.79 Å². The topological polar surface area (TPSA) is 47.8 Å². The molecule has 0 unspecified atom stereocenters. The predicted octanol–water partition coefficient (Wildman–Crippen LogP) is 6.07. The lowest BCUT2D eigenvalue weighted by molar-refractivity contribution is 0.0901. The Hall–Kier alpha value is -2.70. The molecule has 0 saturated carbocycles.